The predicted octanol–water partition coefficient (Wildman–Crippen LogP) is 5.81. The summed E-state index contributed by atoms with van der Waals surface area (Å²) in [5.41, 5.74) is 4.87. The van der Waals surface area contributed by atoms with E-state index in [2.05, 4.69) is 15.3 Å². The van der Waals surface area contributed by atoms with Gasteiger partial charge in [-0.2, -0.15) is 4.98 Å². The summed E-state index contributed by atoms with van der Waals surface area (Å²) >= 11 is 7.37. The van der Waals surface area contributed by atoms with Crippen LogP contribution in [-0.2, 0) is 0 Å². The molecule has 0 saturated carbocycles. The molecule has 6 heteroatoms. The molecule has 4 nitrogen and oxygen atoms in total. The standard InChI is InChI=1S/C19H14ClN3OS/c1-11-8-13(20)6-7-15(11)22-19-23-18(24)17(25-19)9-12-10-21-16-5-3-2-4-14(12)16/h2-10,24H,1H3,(H,22,23). The van der Waals surface area contributed by atoms with Crippen molar-refractivity contribution in [3.63, 3.8) is 0 Å². The highest BCUT2D eigenvalue weighted by Gasteiger charge is 2.15. The fourth-order valence-electron chi connectivity index (χ4n) is 2.65. The first-order valence-electron chi connectivity index (χ1n) is 7.68. The van der Waals surface area contributed by atoms with Gasteiger partial charge in [-0.05, 0) is 42.8 Å². The highest BCUT2D eigenvalue weighted by molar-refractivity contribution is 7.16. The van der Waals surface area contributed by atoms with Gasteiger partial charge in [-0.3, -0.25) is 4.99 Å². The number of benzene rings is 2. The molecule has 1 aromatic heterocycles. The summed E-state index contributed by atoms with van der Waals surface area (Å²) in [5.74, 6) is 0.00407. The molecule has 0 bridgehead atoms. The Morgan fingerprint density at radius 1 is 1.20 bits per heavy atom. The summed E-state index contributed by atoms with van der Waals surface area (Å²) in [6, 6.07) is 13.5. The highest BCUT2D eigenvalue weighted by Crippen LogP contribution is 2.37. The van der Waals surface area contributed by atoms with Gasteiger partial charge in [-0.15, -0.1) is 0 Å². The monoisotopic (exact) mass is 367 g/mol. The third-order valence-corrected chi connectivity index (χ3v) is 5.05. The smallest absolute Gasteiger partial charge is 0.231 e. The Morgan fingerprint density at radius 3 is 2.88 bits per heavy atom. The number of halogens is 1. The first-order valence-corrected chi connectivity index (χ1v) is 8.88. The Morgan fingerprint density at radius 2 is 2.04 bits per heavy atom. The lowest BCUT2D eigenvalue weighted by molar-refractivity contribution is 0.457. The zero-order chi connectivity index (χ0) is 17.4. The number of aliphatic imine (C=N–C) groups is 1. The minimum absolute atomic E-state index is 0.00407. The van der Waals surface area contributed by atoms with Gasteiger partial charge in [-0.25, -0.2) is 0 Å². The van der Waals surface area contributed by atoms with Crippen molar-refractivity contribution in [3.8, 4) is 5.88 Å². The van der Waals surface area contributed by atoms with Crippen molar-refractivity contribution in [1.29, 1.82) is 0 Å². The third kappa shape index (κ3) is 3.16. The molecule has 124 valence electrons. The molecule has 0 saturated heterocycles. The number of rotatable bonds is 3. The quantitative estimate of drug-likeness (QED) is 0.614. The summed E-state index contributed by atoms with van der Waals surface area (Å²) in [5, 5.41) is 14.7. The zero-order valence-corrected chi connectivity index (χ0v) is 14.9. The number of allylic oxidation sites excluding steroid dienone is 1. The molecular formula is C19H14ClN3OS. The fraction of sp³-hybridized carbons (Fsp3) is 0.0526. The van der Waals surface area contributed by atoms with Crippen LogP contribution in [0.5, 0.6) is 5.88 Å². The normalized spacial score (nSPS) is 14.1. The Hall–Kier alpha value is -2.63. The predicted molar refractivity (Wildman–Crippen MR) is 106 cm³/mol. The zero-order valence-electron chi connectivity index (χ0n) is 13.3. The van der Waals surface area contributed by atoms with Crippen LogP contribution in [0, 0.1) is 6.92 Å². The number of para-hydroxylation sites is 1. The molecule has 0 atom stereocenters. The third-order valence-electron chi connectivity index (χ3n) is 3.91. The van der Waals surface area contributed by atoms with E-state index in [1.807, 2.05) is 55.5 Å². The number of aromatic nitrogens is 1. The number of nitrogens with zero attached hydrogens (tertiary/aromatic N) is 2. The number of nitrogens with one attached hydrogen (secondary N) is 1. The molecule has 0 radical (unpaired) electrons. The molecule has 0 aliphatic carbocycles. The molecule has 0 fully saturated rings. The number of thiazole rings is 1. The number of hydrogen-bond acceptors (Lipinski definition) is 5. The van der Waals surface area contributed by atoms with E-state index in [1.165, 1.54) is 11.3 Å². The van der Waals surface area contributed by atoms with Gasteiger partial charge in [-0.1, -0.05) is 41.1 Å². The van der Waals surface area contributed by atoms with E-state index in [0.29, 0.717) is 15.0 Å². The van der Waals surface area contributed by atoms with E-state index in [0.717, 1.165) is 28.1 Å². The maximum Gasteiger partial charge on any atom is 0.231 e. The second kappa shape index (κ2) is 6.35. The topological polar surface area (TPSA) is 57.5 Å². The van der Waals surface area contributed by atoms with Crippen molar-refractivity contribution in [2.75, 3.05) is 5.32 Å². The molecule has 2 heterocycles. The molecular weight excluding hydrogens is 354 g/mol. The summed E-state index contributed by atoms with van der Waals surface area (Å²) in [4.78, 5) is 9.28. The Kier molecular flexibility index (Phi) is 4.03. The minimum Gasteiger partial charge on any atom is -0.492 e. The maximum atomic E-state index is 10.2. The lowest BCUT2D eigenvalue weighted by Gasteiger charge is -2.06. The van der Waals surface area contributed by atoms with Crippen LogP contribution in [0.2, 0.25) is 5.02 Å². The Bertz CT molecular complexity index is 1020. The number of fused-ring (bicyclic) bond motifs is 1. The van der Waals surface area contributed by atoms with Crippen molar-refractivity contribution in [2.45, 2.75) is 6.92 Å². The lowest BCUT2D eigenvalue weighted by atomic mass is 10.1. The molecule has 2 aromatic carbocycles. The van der Waals surface area contributed by atoms with Crippen LogP contribution in [0.4, 0.5) is 16.5 Å². The van der Waals surface area contributed by atoms with Crippen LogP contribution in [0.1, 0.15) is 16.0 Å². The van der Waals surface area contributed by atoms with Crippen molar-refractivity contribution in [2.24, 2.45) is 4.99 Å². The van der Waals surface area contributed by atoms with E-state index in [9.17, 15) is 5.11 Å². The number of hydrogen-bond donors (Lipinski definition) is 2. The van der Waals surface area contributed by atoms with E-state index in [-0.39, 0.29) is 5.88 Å². The number of anilines is 2. The van der Waals surface area contributed by atoms with Crippen LogP contribution >= 0.6 is 22.9 Å². The summed E-state index contributed by atoms with van der Waals surface area (Å²) in [7, 11) is 0. The molecule has 0 amide bonds. The molecule has 1 aliphatic heterocycles. The fourth-order valence-corrected chi connectivity index (χ4v) is 3.70. The average Bonchev–Trinajstić information content (AvgIpc) is 3.15. The summed E-state index contributed by atoms with van der Waals surface area (Å²) < 4.78 is 0. The Labute approximate surface area is 154 Å². The van der Waals surface area contributed by atoms with Crippen molar-refractivity contribution in [3.05, 3.63) is 63.5 Å². The minimum atomic E-state index is 0.00407. The average molecular weight is 368 g/mol. The summed E-state index contributed by atoms with van der Waals surface area (Å²) in [6.07, 6.45) is 3.71. The van der Waals surface area contributed by atoms with Crippen molar-refractivity contribution < 1.29 is 5.11 Å². The van der Waals surface area contributed by atoms with Crippen LogP contribution < -0.4 is 5.32 Å². The first-order chi connectivity index (χ1) is 12.1. The van der Waals surface area contributed by atoms with Gasteiger partial charge in [0.2, 0.25) is 5.88 Å². The second-order valence-electron chi connectivity index (χ2n) is 5.67. The van der Waals surface area contributed by atoms with Crippen molar-refractivity contribution >= 4 is 57.3 Å². The number of aryl methyl sites for hydroxylation is 1. The van der Waals surface area contributed by atoms with E-state index < -0.39 is 0 Å². The van der Waals surface area contributed by atoms with E-state index in [4.69, 9.17) is 11.6 Å². The van der Waals surface area contributed by atoms with Crippen LogP contribution in [-0.4, -0.2) is 16.3 Å². The molecule has 2 N–H and O–H groups in total. The molecule has 0 unspecified atom stereocenters. The molecule has 0 spiro atoms. The van der Waals surface area contributed by atoms with Gasteiger partial charge in [0.25, 0.3) is 0 Å². The van der Waals surface area contributed by atoms with Gasteiger partial charge in [0.05, 0.1) is 10.6 Å². The van der Waals surface area contributed by atoms with Crippen LogP contribution in [0.25, 0.3) is 11.6 Å². The maximum absolute atomic E-state index is 10.2. The van der Waals surface area contributed by atoms with Gasteiger partial charge in [0, 0.05) is 28.1 Å². The van der Waals surface area contributed by atoms with Gasteiger partial charge in [0.15, 0.2) is 5.13 Å². The van der Waals surface area contributed by atoms with Gasteiger partial charge >= 0.3 is 0 Å². The van der Waals surface area contributed by atoms with Crippen LogP contribution in [0.3, 0.4) is 0 Å². The summed E-state index contributed by atoms with van der Waals surface area (Å²) in [6.45, 7) is 1.97. The number of aromatic hydroxyl groups is 1. The van der Waals surface area contributed by atoms with Gasteiger partial charge in [0.1, 0.15) is 0 Å². The SMILES string of the molecule is Cc1cc(Cl)ccc1Nc1nc(O)c(C=C2C=Nc3ccccc32)s1. The Balaban J connectivity index is 1.63. The van der Waals surface area contributed by atoms with Crippen molar-refractivity contribution in [1.82, 2.24) is 4.98 Å². The second-order valence-corrected chi connectivity index (χ2v) is 7.13. The molecule has 1 aliphatic rings. The van der Waals surface area contributed by atoms with Gasteiger partial charge < -0.3 is 10.4 Å². The largest absolute Gasteiger partial charge is 0.492 e. The molecule has 4 rings (SSSR count). The lowest BCUT2D eigenvalue weighted by Crippen LogP contribution is -1.91. The van der Waals surface area contributed by atoms with Crippen LogP contribution in [0.15, 0.2) is 47.5 Å². The first kappa shape index (κ1) is 15.9. The molecule has 3 aromatic rings. The molecule has 25 heavy (non-hydrogen) atoms. The highest BCUT2D eigenvalue weighted by atomic mass is 35.5. The van der Waals surface area contributed by atoms with E-state index >= 15 is 0 Å². The van der Waals surface area contributed by atoms with E-state index in [1.54, 1.807) is 6.21 Å².